The molecule has 0 aromatic carbocycles. The lowest BCUT2D eigenvalue weighted by Gasteiger charge is -2.23. The van der Waals surface area contributed by atoms with Crippen LogP contribution in [0, 0.1) is 12.8 Å². The zero-order valence-electron chi connectivity index (χ0n) is 10.1. The molecular weight excluding hydrogens is 186 g/mol. The van der Waals surface area contributed by atoms with Gasteiger partial charge in [0.15, 0.2) is 5.82 Å². The molecule has 3 heteroatoms. The number of nitrogens with two attached hydrogens (primary N) is 1. The Kier molecular flexibility index (Phi) is 3.95. The Labute approximate surface area is 92.3 Å². The van der Waals surface area contributed by atoms with Crippen LogP contribution >= 0.6 is 0 Å². The summed E-state index contributed by atoms with van der Waals surface area (Å²) in [7, 11) is 2.04. The van der Waals surface area contributed by atoms with Crippen LogP contribution in [0.5, 0.6) is 0 Å². The number of hydrogen-bond donors (Lipinski definition) is 1. The molecule has 3 nitrogen and oxygen atoms in total. The highest BCUT2D eigenvalue weighted by molar-refractivity contribution is 5.62. The maximum Gasteiger partial charge on any atom is 0.151 e. The summed E-state index contributed by atoms with van der Waals surface area (Å²) in [6, 6.07) is 1.97. The van der Waals surface area contributed by atoms with Gasteiger partial charge in [0.25, 0.3) is 0 Å². The molecule has 0 radical (unpaired) electrons. The van der Waals surface area contributed by atoms with E-state index in [0.717, 1.165) is 23.6 Å². The van der Waals surface area contributed by atoms with Crippen LogP contribution < -0.4 is 10.6 Å². The lowest BCUT2D eigenvalue weighted by molar-refractivity contribution is 0.558. The molecule has 0 aliphatic carbocycles. The first kappa shape index (κ1) is 11.8. The number of pyridine rings is 1. The molecule has 15 heavy (non-hydrogen) atoms. The second-order valence-corrected chi connectivity index (χ2v) is 4.32. The van der Waals surface area contributed by atoms with Crippen molar-refractivity contribution in [1.29, 1.82) is 0 Å². The monoisotopic (exact) mass is 207 g/mol. The predicted octanol–water partition coefficient (Wildman–Crippen LogP) is 2.45. The van der Waals surface area contributed by atoms with E-state index in [2.05, 4.69) is 23.7 Å². The number of rotatable bonds is 4. The van der Waals surface area contributed by atoms with Gasteiger partial charge in [-0.25, -0.2) is 4.98 Å². The summed E-state index contributed by atoms with van der Waals surface area (Å²) < 4.78 is 0. The highest BCUT2D eigenvalue weighted by Crippen LogP contribution is 2.20. The van der Waals surface area contributed by atoms with E-state index in [9.17, 15) is 0 Å². The van der Waals surface area contributed by atoms with E-state index in [0.29, 0.717) is 5.92 Å². The Bertz CT molecular complexity index is 323. The molecule has 0 bridgehead atoms. The number of hydrogen-bond acceptors (Lipinski definition) is 3. The van der Waals surface area contributed by atoms with Gasteiger partial charge >= 0.3 is 0 Å². The van der Waals surface area contributed by atoms with Crippen molar-refractivity contribution >= 4 is 11.5 Å². The lowest BCUT2D eigenvalue weighted by Crippen LogP contribution is -2.25. The average molecular weight is 207 g/mol. The molecule has 0 aliphatic heterocycles. The standard InChI is InChI=1S/C12H21N3/c1-5-9(2)8-15(4)12-11(13)6-10(3)7-14-12/h6-7,9H,5,8,13H2,1-4H3. The normalized spacial score (nSPS) is 12.5. The van der Waals surface area contributed by atoms with Crippen molar-refractivity contribution in [2.45, 2.75) is 27.2 Å². The van der Waals surface area contributed by atoms with Crippen molar-refractivity contribution in [2.75, 3.05) is 24.2 Å². The Hall–Kier alpha value is -1.25. The highest BCUT2D eigenvalue weighted by atomic mass is 15.2. The average Bonchev–Trinajstić information content (AvgIpc) is 2.17. The molecular formula is C12H21N3. The Morgan fingerprint density at radius 2 is 2.20 bits per heavy atom. The summed E-state index contributed by atoms with van der Waals surface area (Å²) in [6.45, 7) is 7.43. The van der Waals surface area contributed by atoms with Crippen LogP contribution in [0.4, 0.5) is 11.5 Å². The van der Waals surface area contributed by atoms with Crippen LogP contribution in [0.2, 0.25) is 0 Å². The van der Waals surface area contributed by atoms with Gasteiger partial charge in [0.1, 0.15) is 0 Å². The van der Waals surface area contributed by atoms with E-state index >= 15 is 0 Å². The minimum atomic E-state index is 0.664. The summed E-state index contributed by atoms with van der Waals surface area (Å²) in [5, 5.41) is 0. The summed E-state index contributed by atoms with van der Waals surface area (Å²) >= 11 is 0. The van der Waals surface area contributed by atoms with Crippen LogP contribution in [0.15, 0.2) is 12.3 Å². The van der Waals surface area contributed by atoms with E-state index in [1.165, 1.54) is 6.42 Å². The predicted molar refractivity (Wildman–Crippen MR) is 66.1 cm³/mol. The van der Waals surface area contributed by atoms with Gasteiger partial charge < -0.3 is 10.6 Å². The maximum atomic E-state index is 5.94. The Morgan fingerprint density at radius 3 is 2.73 bits per heavy atom. The highest BCUT2D eigenvalue weighted by Gasteiger charge is 2.09. The van der Waals surface area contributed by atoms with Gasteiger partial charge in [-0.05, 0) is 24.5 Å². The molecule has 0 spiro atoms. The van der Waals surface area contributed by atoms with Gasteiger partial charge in [0, 0.05) is 19.8 Å². The number of anilines is 2. The second-order valence-electron chi connectivity index (χ2n) is 4.32. The molecule has 0 saturated carbocycles. The first-order chi connectivity index (χ1) is 7.04. The first-order valence-electron chi connectivity index (χ1n) is 5.47. The minimum Gasteiger partial charge on any atom is -0.396 e. The molecule has 0 aliphatic rings. The fourth-order valence-electron chi connectivity index (χ4n) is 1.59. The van der Waals surface area contributed by atoms with Crippen molar-refractivity contribution in [2.24, 2.45) is 5.92 Å². The minimum absolute atomic E-state index is 0.664. The largest absolute Gasteiger partial charge is 0.396 e. The smallest absolute Gasteiger partial charge is 0.151 e. The number of nitrogen functional groups attached to an aromatic ring is 1. The molecule has 1 atom stereocenters. The van der Waals surface area contributed by atoms with E-state index in [4.69, 9.17) is 5.73 Å². The maximum absolute atomic E-state index is 5.94. The molecule has 0 saturated heterocycles. The Balaban J connectivity index is 2.77. The van der Waals surface area contributed by atoms with Gasteiger partial charge in [0.2, 0.25) is 0 Å². The topological polar surface area (TPSA) is 42.2 Å². The van der Waals surface area contributed by atoms with Crippen molar-refractivity contribution in [1.82, 2.24) is 4.98 Å². The summed E-state index contributed by atoms with van der Waals surface area (Å²) in [6.07, 6.45) is 3.04. The van der Waals surface area contributed by atoms with Gasteiger partial charge in [-0.2, -0.15) is 0 Å². The summed E-state index contributed by atoms with van der Waals surface area (Å²) in [5.74, 6) is 1.55. The fraction of sp³-hybridized carbons (Fsp3) is 0.583. The second kappa shape index (κ2) is 5.01. The first-order valence-corrected chi connectivity index (χ1v) is 5.47. The van der Waals surface area contributed by atoms with Crippen LogP contribution in [0.3, 0.4) is 0 Å². The molecule has 0 amide bonds. The molecule has 2 N–H and O–H groups in total. The van der Waals surface area contributed by atoms with E-state index in [1.54, 1.807) is 0 Å². The van der Waals surface area contributed by atoms with Crippen molar-refractivity contribution < 1.29 is 0 Å². The zero-order chi connectivity index (χ0) is 11.4. The number of nitrogens with zero attached hydrogens (tertiary/aromatic N) is 2. The third kappa shape index (κ3) is 3.11. The number of aromatic nitrogens is 1. The lowest BCUT2D eigenvalue weighted by atomic mass is 10.1. The van der Waals surface area contributed by atoms with Crippen LogP contribution in [0.1, 0.15) is 25.8 Å². The van der Waals surface area contributed by atoms with Gasteiger partial charge in [-0.3, -0.25) is 0 Å². The molecule has 1 unspecified atom stereocenters. The summed E-state index contributed by atoms with van der Waals surface area (Å²) in [4.78, 5) is 6.49. The fourth-order valence-corrected chi connectivity index (χ4v) is 1.59. The van der Waals surface area contributed by atoms with Crippen molar-refractivity contribution in [3.63, 3.8) is 0 Å². The molecule has 1 aromatic rings. The van der Waals surface area contributed by atoms with Crippen LogP contribution in [-0.2, 0) is 0 Å². The van der Waals surface area contributed by atoms with Crippen molar-refractivity contribution in [3.05, 3.63) is 17.8 Å². The zero-order valence-corrected chi connectivity index (χ0v) is 10.1. The molecule has 1 heterocycles. The third-order valence-corrected chi connectivity index (χ3v) is 2.68. The molecule has 1 aromatic heterocycles. The third-order valence-electron chi connectivity index (χ3n) is 2.68. The Morgan fingerprint density at radius 1 is 1.53 bits per heavy atom. The number of aryl methyl sites for hydroxylation is 1. The van der Waals surface area contributed by atoms with Crippen LogP contribution in [0.25, 0.3) is 0 Å². The molecule has 84 valence electrons. The molecule has 0 fully saturated rings. The van der Waals surface area contributed by atoms with E-state index < -0.39 is 0 Å². The van der Waals surface area contributed by atoms with E-state index in [-0.39, 0.29) is 0 Å². The van der Waals surface area contributed by atoms with Crippen LogP contribution in [-0.4, -0.2) is 18.6 Å². The SMILES string of the molecule is CCC(C)CN(C)c1ncc(C)cc1N. The van der Waals surface area contributed by atoms with Gasteiger partial charge in [-0.15, -0.1) is 0 Å². The molecule has 1 rings (SSSR count). The summed E-state index contributed by atoms with van der Waals surface area (Å²) in [5.41, 5.74) is 7.80. The quantitative estimate of drug-likeness (QED) is 0.824. The van der Waals surface area contributed by atoms with E-state index in [1.807, 2.05) is 26.2 Å². The van der Waals surface area contributed by atoms with Crippen molar-refractivity contribution in [3.8, 4) is 0 Å². The van der Waals surface area contributed by atoms with Gasteiger partial charge in [0.05, 0.1) is 5.69 Å². The van der Waals surface area contributed by atoms with Gasteiger partial charge in [-0.1, -0.05) is 20.3 Å².